The van der Waals surface area contributed by atoms with Gasteiger partial charge in [0.05, 0.1) is 15.4 Å². The lowest BCUT2D eigenvalue weighted by atomic mass is 9.88. The average Bonchev–Trinajstić information content (AvgIpc) is 2.76. The number of hydrogen-bond acceptors (Lipinski definition) is 6. The summed E-state index contributed by atoms with van der Waals surface area (Å²) in [5, 5.41) is 22.0. The van der Waals surface area contributed by atoms with Crippen molar-refractivity contribution >= 4 is 11.5 Å². The molecule has 0 radical (unpaired) electrons. The first-order valence-corrected chi connectivity index (χ1v) is 6.09. The quantitative estimate of drug-likeness (QED) is 0.620. The lowest BCUT2D eigenvalue weighted by molar-refractivity contribution is -0.570. The van der Waals surface area contributed by atoms with Crippen molar-refractivity contribution in [1.82, 2.24) is 0 Å². The third-order valence-electron chi connectivity index (χ3n) is 3.30. The molecule has 8 heteroatoms. The zero-order valence-electron chi connectivity index (χ0n) is 11.3. The number of nitro groups is 2. The molecule has 1 aliphatic rings. The number of nitro benzene ring substituents is 1. The van der Waals surface area contributed by atoms with Crippen LogP contribution in [-0.4, -0.2) is 21.9 Å². The van der Waals surface area contributed by atoms with Crippen LogP contribution in [0.1, 0.15) is 25.3 Å². The lowest BCUT2D eigenvalue weighted by Crippen LogP contribution is -2.27. The van der Waals surface area contributed by atoms with Gasteiger partial charge in [0.15, 0.2) is 5.78 Å². The highest BCUT2D eigenvalue weighted by molar-refractivity contribution is 5.95. The Labute approximate surface area is 119 Å². The first kappa shape index (κ1) is 14.6. The van der Waals surface area contributed by atoms with Gasteiger partial charge in [-0.2, -0.15) is 0 Å². The zero-order chi connectivity index (χ0) is 15.7. The minimum atomic E-state index is -1.45. The monoisotopic (exact) mass is 292 g/mol. The third kappa shape index (κ3) is 2.60. The summed E-state index contributed by atoms with van der Waals surface area (Å²) in [7, 11) is 0. The highest BCUT2D eigenvalue weighted by Gasteiger charge is 2.46. The van der Waals surface area contributed by atoms with Crippen LogP contribution in [0.25, 0.3) is 0 Å². The smallest absolute Gasteiger partial charge is 0.364 e. The Morgan fingerprint density at radius 3 is 2.48 bits per heavy atom. The third-order valence-corrected chi connectivity index (χ3v) is 3.30. The summed E-state index contributed by atoms with van der Waals surface area (Å²) in [6.45, 7) is 2.76. The maximum Gasteiger partial charge on any atom is 0.364 e. The number of hydrogen-bond donors (Lipinski definition) is 0. The fraction of sp³-hybridized carbons (Fsp3) is 0.308. The summed E-state index contributed by atoms with van der Waals surface area (Å²) in [6, 6.07) is 5.45. The van der Waals surface area contributed by atoms with E-state index in [4.69, 9.17) is 4.74 Å². The molecule has 0 bridgehead atoms. The van der Waals surface area contributed by atoms with Gasteiger partial charge in [0.1, 0.15) is 11.7 Å². The van der Waals surface area contributed by atoms with Crippen LogP contribution in [0.15, 0.2) is 35.6 Å². The van der Waals surface area contributed by atoms with Crippen molar-refractivity contribution in [2.24, 2.45) is 0 Å². The molecule has 0 amide bonds. The molecular formula is C13H12N2O6. The van der Waals surface area contributed by atoms with Crippen LogP contribution in [0.4, 0.5) is 5.69 Å². The summed E-state index contributed by atoms with van der Waals surface area (Å²) in [5.74, 6) is -1.12. The van der Waals surface area contributed by atoms with Crippen LogP contribution in [0.2, 0.25) is 0 Å². The number of carbonyl (C=O) groups excluding carboxylic acids is 1. The predicted octanol–water partition coefficient (Wildman–Crippen LogP) is 2.17. The van der Waals surface area contributed by atoms with E-state index in [1.54, 1.807) is 0 Å². The molecule has 2 atom stereocenters. The van der Waals surface area contributed by atoms with E-state index < -0.39 is 22.0 Å². The Kier molecular flexibility index (Phi) is 3.70. The van der Waals surface area contributed by atoms with Crippen LogP contribution >= 0.6 is 0 Å². The van der Waals surface area contributed by atoms with E-state index in [2.05, 4.69) is 0 Å². The average molecular weight is 292 g/mol. The molecule has 110 valence electrons. The van der Waals surface area contributed by atoms with E-state index in [1.165, 1.54) is 38.1 Å². The predicted molar refractivity (Wildman–Crippen MR) is 71.1 cm³/mol. The molecule has 1 aromatic rings. The van der Waals surface area contributed by atoms with E-state index in [9.17, 15) is 25.0 Å². The van der Waals surface area contributed by atoms with Crippen LogP contribution < -0.4 is 0 Å². The van der Waals surface area contributed by atoms with Crippen molar-refractivity contribution in [2.75, 3.05) is 0 Å². The number of nitrogens with zero attached hydrogens (tertiary/aromatic N) is 2. The van der Waals surface area contributed by atoms with E-state index in [0.717, 1.165) is 0 Å². The summed E-state index contributed by atoms with van der Waals surface area (Å²) >= 11 is 0. The number of benzene rings is 1. The first-order valence-electron chi connectivity index (χ1n) is 6.09. The number of rotatable bonds is 4. The van der Waals surface area contributed by atoms with E-state index in [1.807, 2.05) is 0 Å². The molecule has 0 aliphatic carbocycles. The molecular weight excluding hydrogens is 280 g/mol. The molecule has 2 rings (SSSR count). The summed E-state index contributed by atoms with van der Waals surface area (Å²) in [4.78, 5) is 32.5. The van der Waals surface area contributed by atoms with Gasteiger partial charge in [0, 0.05) is 12.1 Å². The van der Waals surface area contributed by atoms with Crippen molar-refractivity contribution in [3.8, 4) is 0 Å². The Balaban J connectivity index is 2.55. The van der Waals surface area contributed by atoms with Crippen LogP contribution in [-0.2, 0) is 9.53 Å². The van der Waals surface area contributed by atoms with Crippen molar-refractivity contribution in [2.45, 2.75) is 26.0 Å². The Bertz CT molecular complexity index is 666. The van der Waals surface area contributed by atoms with E-state index >= 15 is 0 Å². The minimum absolute atomic E-state index is 0.178. The standard InChI is InChI=1S/C13H12N2O6/c1-7(16)11-8(2)21-13(15(19)20)12(11)9-4-3-5-10(6-9)14(17)18/h3-6,12-13H,1-2H3. The van der Waals surface area contributed by atoms with Crippen molar-refractivity contribution in [3.63, 3.8) is 0 Å². The molecule has 0 aromatic heterocycles. The van der Waals surface area contributed by atoms with Crippen molar-refractivity contribution in [3.05, 3.63) is 61.4 Å². The Hall–Kier alpha value is -2.77. The SMILES string of the molecule is CC(=O)C1=C(C)OC([N+](=O)[O-])C1c1cccc([N+](=O)[O-])c1. The second kappa shape index (κ2) is 5.31. The molecule has 1 aliphatic heterocycles. The first-order chi connectivity index (χ1) is 9.82. The number of allylic oxidation sites excluding steroid dienone is 1. The Morgan fingerprint density at radius 1 is 1.29 bits per heavy atom. The second-order valence-electron chi connectivity index (χ2n) is 4.65. The number of non-ortho nitro benzene ring substituents is 1. The lowest BCUT2D eigenvalue weighted by Gasteiger charge is -2.14. The molecule has 0 fully saturated rings. The summed E-state index contributed by atoms with van der Waals surface area (Å²) in [6.07, 6.45) is -1.45. The number of ether oxygens (including phenoxy) is 1. The van der Waals surface area contributed by atoms with Gasteiger partial charge in [-0.25, -0.2) is 0 Å². The minimum Gasteiger partial charge on any atom is -0.434 e. The van der Waals surface area contributed by atoms with Gasteiger partial charge in [-0.1, -0.05) is 12.1 Å². The van der Waals surface area contributed by atoms with Gasteiger partial charge in [-0.3, -0.25) is 25.0 Å². The van der Waals surface area contributed by atoms with Gasteiger partial charge in [-0.05, 0) is 19.4 Å². The van der Waals surface area contributed by atoms with Gasteiger partial charge in [-0.15, -0.1) is 0 Å². The van der Waals surface area contributed by atoms with Crippen molar-refractivity contribution < 1.29 is 19.4 Å². The van der Waals surface area contributed by atoms with Crippen LogP contribution in [0.3, 0.4) is 0 Å². The van der Waals surface area contributed by atoms with Crippen LogP contribution in [0.5, 0.6) is 0 Å². The highest BCUT2D eigenvalue weighted by Crippen LogP contribution is 2.40. The zero-order valence-corrected chi connectivity index (χ0v) is 11.3. The molecule has 0 N–H and O–H groups in total. The molecule has 2 unspecified atom stereocenters. The van der Waals surface area contributed by atoms with E-state index in [0.29, 0.717) is 5.56 Å². The van der Waals surface area contributed by atoms with Crippen molar-refractivity contribution in [1.29, 1.82) is 0 Å². The fourth-order valence-electron chi connectivity index (χ4n) is 2.47. The summed E-state index contributed by atoms with van der Waals surface area (Å²) < 4.78 is 5.15. The van der Waals surface area contributed by atoms with Gasteiger partial charge < -0.3 is 4.74 Å². The fourth-order valence-corrected chi connectivity index (χ4v) is 2.47. The molecule has 21 heavy (non-hydrogen) atoms. The molecule has 0 spiro atoms. The molecule has 8 nitrogen and oxygen atoms in total. The maximum atomic E-state index is 11.7. The van der Waals surface area contributed by atoms with Gasteiger partial charge >= 0.3 is 6.23 Å². The second-order valence-corrected chi connectivity index (χ2v) is 4.65. The molecule has 1 aromatic carbocycles. The highest BCUT2D eigenvalue weighted by atomic mass is 16.7. The molecule has 0 saturated heterocycles. The Morgan fingerprint density at radius 2 is 1.95 bits per heavy atom. The van der Waals surface area contributed by atoms with Crippen LogP contribution in [0, 0.1) is 20.2 Å². The largest absolute Gasteiger partial charge is 0.434 e. The number of Topliss-reactive ketones (excluding diaryl/α,β-unsaturated/α-hetero) is 1. The summed E-state index contributed by atoms with van der Waals surface area (Å²) in [5.41, 5.74) is 0.298. The molecule has 0 saturated carbocycles. The number of ketones is 1. The van der Waals surface area contributed by atoms with Gasteiger partial charge in [0.2, 0.25) is 0 Å². The molecule has 1 heterocycles. The van der Waals surface area contributed by atoms with Gasteiger partial charge in [0.25, 0.3) is 5.69 Å². The normalized spacial score (nSPS) is 21.0. The topological polar surface area (TPSA) is 113 Å². The maximum absolute atomic E-state index is 11.7. The van der Waals surface area contributed by atoms with E-state index in [-0.39, 0.29) is 22.8 Å². The number of carbonyl (C=O) groups is 1.